The summed E-state index contributed by atoms with van der Waals surface area (Å²) in [5, 5.41) is 9.45. The highest BCUT2D eigenvalue weighted by atomic mass is 35.5. The predicted molar refractivity (Wildman–Crippen MR) is 99.7 cm³/mol. The molecule has 148 valence electrons. The minimum atomic E-state index is -1.83. The summed E-state index contributed by atoms with van der Waals surface area (Å²) in [7, 11) is 0. The molecular formula is C20H14ClFN2O5. The van der Waals surface area contributed by atoms with Crippen LogP contribution in [0.5, 0.6) is 0 Å². The van der Waals surface area contributed by atoms with E-state index >= 15 is 0 Å². The van der Waals surface area contributed by atoms with Gasteiger partial charge in [0, 0.05) is 10.6 Å². The van der Waals surface area contributed by atoms with E-state index in [2.05, 4.69) is 0 Å². The Hall–Kier alpha value is -3.26. The van der Waals surface area contributed by atoms with Crippen molar-refractivity contribution in [1.82, 2.24) is 4.90 Å². The van der Waals surface area contributed by atoms with E-state index in [4.69, 9.17) is 11.6 Å². The SMILES string of the molecule is O=C(O)CN1C(=O)C2(CC(=O)N(Cc3cccc(F)c3)C2=O)c2ccc(Cl)cc21. The van der Waals surface area contributed by atoms with Crippen LogP contribution in [0.3, 0.4) is 0 Å². The Morgan fingerprint density at radius 2 is 1.83 bits per heavy atom. The summed E-state index contributed by atoms with van der Waals surface area (Å²) in [5.41, 5.74) is -1.00. The number of carbonyl (C=O) groups excluding carboxylic acids is 3. The highest BCUT2D eigenvalue weighted by Crippen LogP contribution is 2.49. The van der Waals surface area contributed by atoms with Crippen LogP contribution in [0.2, 0.25) is 5.02 Å². The number of rotatable bonds is 4. The van der Waals surface area contributed by atoms with E-state index in [1.807, 2.05) is 0 Å². The van der Waals surface area contributed by atoms with Gasteiger partial charge in [0.05, 0.1) is 18.7 Å². The molecule has 29 heavy (non-hydrogen) atoms. The molecule has 9 heteroatoms. The van der Waals surface area contributed by atoms with Gasteiger partial charge in [-0.15, -0.1) is 0 Å². The number of carbonyl (C=O) groups is 4. The van der Waals surface area contributed by atoms with Gasteiger partial charge in [0.2, 0.25) is 17.7 Å². The molecule has 1 N–H and O–H groups in total. The number of carboxylic acid groups (broad SMARTS) is 1. The van der Waals surface area contributed by atoms with Crippen LogP contribution in [-0.2, 0) is 31.1 Å². The second-order valence-corrected chi connectivity index (χ2v) is 7.38. The fourth-order valence-corrected chi connectivity index (χ4v) is 4.10. The molecule has 0 aliphatic carbocycles. The van der Waals surface area contributed by atoms with Crippen molar-refractivity contribution in [2.75, 3.05) is 11.4 Å². The molecule has 7 nitrogen and oxygen atoms in total. The van der Waals surface area contributed by atoms with Crippen molar-refractivity contribution < 1.29 is 28.7 Å². The first-order valence-corrected chi connectivity index (χ1v) is 9.05. The third-order valence-corrected chi connectivity index (χ3v) is 5.41. The summed E-state index contributed by atoms with van der Waals surface area (Å²) in [4.78, 5) is 52.3. The van der Waals surface area contributed by atoms with Crippen molar-refractivity contribution >= 4 is 41.0 Å². The van der Waals surface area contributed by atoms with Crippen molar-refractivity contribution in [3.8, 4) is 0 Å². The first-order chi connectivity index (χ1) is 13.7. The van der Waals surface area contributed by atoms with Gasteiger partial charge in [-0.2, -0.15) is 0 Å². The topological polar surface area (TPSA) is 95.0 Å². The van der Waals surface area contributed by atoms with Crippen molar-refractivity contribution in [3.63, 3.8) is 0 Å². The lowest BCUT2D eigenvalue weighted by Gasteiger charge is -2.22. The van der Waals surface area contributed by atoms with Gasteiger partial charge >= 0.3 is 5.97 Å². The summed E-state index contributed by atoms with van der Waals surface area (Å²) >= 11 is 6.00. The summed E-state index contributed by atoms with van der Waals surface area (Å²) in [6.07, 6.45) is -0.426. The van der Waals surface area contributed by atoms with E-state index in [9.17, 15) is 28.7 Å². The zero-order valence-corrected chi connectivity index (χ0v) is 15.6. The number of imide groups is 1. The number of hydrogen-bond donors (Lipinski definition) is 1. The number of anilines is 1. The number of amides is 3. The highest BCUT2D eigenvalue weighted by Gasteiger charge is 2.63. The van der Waals surface area contributed by atoms with Crippen LogP contribution >= 0.6 is 11.6 Å². The van der Waals surface area contributed by atoms with Gasteiger partial charge in [-0.3, -0.25) is 29.0 Å². The zero-order chi connectivity index (χ0) is 20.9. The number of benzene rings is 2. The molecule has 4 rings (SSSR count). The van der Waals surface area contributed by atoms with E-state index < -0.39 is 47.9 Å². The van der Waals surface area contributed by atoms with Crippen LogP contribution in [0, 0.1) is 5.82 Å². The lowest BCUT2D eigenvalue weighted by molar-refractivity contribution is -0.143. The van der Waals surface area contributed by atoms with Crippen LogP contribution in [0.15, 0.2) is 42.5 Å². The summed E-state index contributed by atoms with van der Waals surface area (Å²) in [6, 6.07) is 9.81. The Bertz CT molecular complexity index is 1090. The second kappa shape index (κ2) is 6.66. The minimum absolute atomic E-state index is 0.188. The van der Waals surface area contributed by atoms with Gasteiger partial charge in [-0.05, 0) is 29.8 Å². The van der Waals surface area contributed by atoms with Gasteiger partial charge < -0.3 is 5.11 Å². The lowest BCUT2D eigenvalue weighted by Crippen LogP contribution is -2.47. The molecule has 3 amide bonds. The number of carboxylic acids is 1. The minimum Gasteiger partial charge on any atom is -0.480 e. The molecule has 2 aliphatic rings. The Morgan fingerprint density at radius 3 is 2.52 bits per heavy atom. The zero-order valence-electron chi connectivity index (χ0n) is 14.9. The van der Waals surface area contributed by atoms with E-state index in [0.29, 0.717) is 5.56 Å². The molecule has 0 saturated carbocycles. The molecule has 2 heterocycles. The number of fused-ring (bicyclic) bond motifs is 2. The molecule has 0 bridgehead atoms. The average Bonchev–Trinajstić information content (AvgIpc) is 3.02. The maximum absolute atomic E-state index is 13.5. The standard InChI is InChI=1S/C20H14ClFN2O5/c21-12-4-5-14-15(7-12)23(10-17(26)27)18(28)20(14)8-16(25)24(19(20)29)9-11-2-1-3-13(22)6-11/h1-7H,8-10H2,(H,26,27). The van der Waals surface area contributed by atoms with E-state index in [-0.39, 0.29) is 22.8 Å². The predicted octanol–water partition coefficient (Wildman–Crippen LogP) is 2.11. The maximum Gasteiger partial charge on any atom is 0.323 e. The molecular weight excluding hydrogens is 403 g/mol. The Kier molecular flexibility index (Phi) is 4.38. The maximum atomic E-state index is 13.5. The van der Waals surface area contributed by atoms with Crippen LogP contribution in [0.4, 0.5) is 10.1 Å². The number of nitrogens with zero attached hydrogens (tertiary/aromatic N) is 2. The number of likely N-dealkylation sites (tertiary alicyclic amines) is 1. The Labute approximate surface area is 169 Å². The summed E-state index contributed by atoms with van der Waals surface area (Å²) < 4.78 is 13.5. The van der Waals surface area contributed by atoms with Crippen molar-refractivity contribution in [2.24, 2.45) is 0 Å². The van der Waals surface area contributed by atoms with Gasteiger partial charge in [0.1, 0.15) is 12.4 Å². The van der Waals surface area contributed by atoms with E-state index in [1.165, 1.54) is 36.4 Å². The molecule has 1 fully saturated rings. The number of aliphatic carboxylic acids is 1. The van der Waals surface area contributed by atoms with Crippen LogP contribution in [0.1, 0.15) is 17.5 Å². The van der Waals surface area contributed by atoms with Gasteiger partial charge in [0.25, 0.3) is 0 Å². The van der Waals surface area contributed by atoms with Crippen LogP contribution < -0.4 is 4.90 Å². The molecule has 2 aliphatic heterocycles. The molecule has 1 unspecified atom stereocenters. The quantitative estimate of drug-likeness (QED) is 0.608. The molecule has 1 spiro atoms. The molecule has 1 saturated heterocycles. The fraction of sp³-hybridized carbons (Fsp3) is 0.200. The lowest BCUT2D eigenvalue weighted by atomic mass is 9.80. The summed E-state index contributed by atoms with van der Waals surface area (Å²) in [5.74, 6) is -3.91. The molecule has 0 aromatic heterocycles. The Balaban J connectivity index is 1.78. The van der Waals surface area contributed by atoms with Crippen molar-refractivity contribution in [3.05, 3.63) is 64.4 Å². The third-order valence-electron chi connectivity index (χ3n) is 5.17. The highest BCUT2D eigenvalue weighted by molar-refractivity contribution is 6.33. The summed E-state index contributed by atoms with van der Waals surface area (Å²) in [6.45, 7) is -0.856. The van der Waals surface area contributed by atoms with Gasteiger partial charge in [-0.25, -0.2) is 4.39 Å². The normalized spacial score (nSPS) is 20.7. The monoisotopic (exact) mass is 416 g/mol. The van der Waals surface area contributed by atoms with E-state index in [1.54, 1.807) is 6.07 Å². The molecule has 1 atom stereocenters. The van der Waals surface area contributed by atoms with Crippen molar-refractivity contribution in [1.29, 1.82) is 0 Å². The molecule has 2 aromatic rings. The number of hydrogen-bond acceptors (Lipinski definition) is 4. The fourth-order valence-electron chi connectivity index (χ4n) is 3.93. The van der Waals surface area contributed by atoms with E-state index in [0.717, 1.165) is 9.80 Å². The molecule has 0 radical (unpaired) electrons. The smallest absolute Gasteiger partial charge is 0.323 e. The molecule has 2 aromatic carbocycles. The van der Waals surface area contributed by atoms with Gasteiger partial charge in [0.15, 0.2) is 5.41 Å². The van der Waals surface area contributed by atoms with Crippen LogP contribution in [0.25, 0.3) is 0 Å². The van der Waals surface area contributed by atoms with Gasteiger partial charge in [-0.1, -0.05) is 29.8 Å². The second-order valence-electron chi connectivity index (χ2n) is 6.94. The Morgan fingerprint density at radius 1 is 1.10 bits per heavy atom. The largest absolute Gasteiger partial charge is 0.480 e. The third kappa shape index (κ3) is 2.87. The first kappa shape index (κ1) is 19.1. The average molecular weight is 417 g/mol. The first-order valence-electron chi connectivity index (χ1n) is 8.67. The van der Waals surface area contributed by atoms with Crippen LogP contribution in [-0.4, -0.2) is 40.2 Å². The number of halogens is 2. The van der Waals surface area contributed by atoms with Crippen molar-refractivity contribution in [2.45, 2.75) is 18.4 Å².